The molecule has 0 fully saturated rings. The van der Waals surface area contributed by atoms with Gasteiger partial charge in [0.05, 0.1) is 23.3 Å². The molecular weight excluding hydrogens is 442 g/mol. The number of rotatable bonds is 6. The van der Waals surface area contributed by atoms with Crippen LogP contribution in [0.3, 0.4) is 0 Å². The molecule has 0 unspecified atom stereocenters. The second-order valence-electron chi connectivity index (χ2n) is 6.65. The van der Waals surface area contributed by atoms with Crippen LogP contribution in [0, 0.1) is 17.0 Å². The third-order valence-corrected chi connectivity index (χ3v) is 5.88. The predicted molar refractivity (Wildman–Crippen MR) is 119 cm³/mol. The van der Waals surface area contributed by atoms with Crippen LogP contribution in [0.1, 0.15) is 5.56 Å². The molecule has 2 heterocycles. The molecule has 9 nitrogen and oxygen atoms in total. The van der Waals surface area contributed by atoms with E-state index in [4.69, 9.17) is 16.3 Å². The summed E-state index contributed by atoms with van der Waals surface area (Å²) in [6, 6.07) is 11.8. The van der Waals surface area contributed by atoms with Crippen molar-refractivity contribution in [2.24, 2.45) is 0 Å². The number of carbonyl (C=O) groups excluding carboxylic acids is 1. The highest BCUT2D eigenvalue weighted by Gasteiger charge is 2.16. The number of hydrogen-bond donors (Lipinski definition) is 1. The molecule has 4 aromatic rings. The first-order valence-electron chi connectivity index (χ1n) is 9.06. The molecule has 0 saturated carbocycles. The van der Waals surface area contributed by atoms with Crippen LogP contribution < -0.4 is 10.1 Å². The molecule has 2 aromatic carbocycles. The highest BCUT2D eigenvalue weighted by Crippen LogP contribution is 2.30. The van der Waals surface area contributed by atoms with Crippen LogP contribution in [-0.2, 0) is 4.79 Å². The largest absolute Gasteiger partial charge is 0.497 e. The quantitative estimate of drug-likeness (QED) is 0.258. The van der Waals surface area contributed by atoms with Crippen molar-refractivity contribution >= 4 is 57.2 Å². The Hall–Kier alpha value is -3.37. The van der Waals surface area contributed by atoms with Gasteiger partial charge in [-0.15, -0.1) is 10.2 Å². The van der Waals surface area contributed by atoms with Crippen molar-refractivity contribution in [1.82, 2.24) is 14.6 Å². The highest BCUT2D eigenvalue weighted by molar-refractivity contribution is 7.99. The van der Waals surface area contributed by atoms with Gasteiger partial charge in [0.2, 0.25) is 5.91 Å². The van der Waals surface area contributed by atoms with Crippen molar-refractivity contribution in [2.45, 2.75) is 12.1 Å². The molecule has 0 aliphatic rings. The van der Waals surface area contributed by atoms with Gasteiger partial charge in [0, 0.05) is 23.2 Å². The number of thioether (sulfide) groups is 1. The van der Waals surface area contributed by atoms with Gasteiger partial charge in [-0.1, -0.05) is 23.4 Å². The summed E-state index contributed by atoms with van der Waals surface area (Å²) in [5.74, 6) is 0.398. The molecule has 0 radical (unpaired) electrons. The molecule has 0 saturated heterocycles. The van der Waals surface area contributed by atoms with Crippen molar-refractivity contribution in [3.63, 3.8) is 0 Å². The summed E-state index contributed by atoms with van der Waals surface area (Å²) in [7, 11) is 1.60. The number of benzene rings is 2. The smallest absolute Gasteiger partial charge is 0.289 e. The van der Waals surface area contributed by atoms with Crippen LogP contribution >= 0.6 is 23.4 Å². The zero-order valence-electron chi connectivity index (χ0n) is 16.5. The third kappa shape index (κ3) is 4.12. The number of anilines is 1. The van der Waals surface area contributed by atoms with E-state index in [9.17, 15) is 14.9 Å². The van der Waals surface area contributed by atoms with E-state index < -0.39 is 4.92 Å². The van der Waals surface area contributed by atoms with E-state index in [1.54, 1.807) is 7.11 Å². The number of fused-ring (bicyclic) bond motifs is 3. The van der Waals surface area contributed by atoms with Crippen LogP contribution in [0.15, 0.2) is 47.6 Å². The molecule has 11 heteroatoms. The summed E-state index contributed by atoms with van der Waals surface area (Å²) in [5.41, 5.74) is 2.60. The van der Waals surface area contributed by atoms with Gasteiger partial charge in [-0.3, -0.25) is 19.3 Å². The number of nitrogens with one attached hydrogen (secondary N) is 1. The molecule has 158 valence electrons. The van der Waals surface area contributed by atoms with Crippen molar-refractivity contribution < 1.29 is 14.5 Å². The van der Waals surface area contributed by atoms with Crippen LogP contribution in [-0.4, -0.2) is 38.3 Å². The normalized spacial score (nSPS) is 11.1. The summed E-state index contributed by atoms with van der Waals surface area (Å²) in [6.45, 7) is 2.00. The third-order valence-electron chi connectivity index (χ3n) is 4.63. The Morgan fingerprint density at radius 1 is 1.26 bits per heavy atom. The predicted octanol–water partition coefficient (Wildman–Crippen LogP) is 4.49. The fourth-order valence-corrected chi connectivity index (χ4v) is 4.12. The number of amides is 1. The fourth-order valence-electron chi connectivity index (χ4n) is 3.18. The second kappa shape index (κ2) is 8.40. The van der Waals surface area contributed by atoms with E-state index in [1.165, 1.54) is 30.0 Å². The highest BCUT2D eigenvalue weighted by atomic mass is 35.5. The Bertz CT molecular complexity index is 1340. The van der Waals surface area contributed by atoms with Crippen LogP contribution in [0.2, 0.25) is 5.02 Å². The van der Waals surface area contributed by atoms with Crippen molar-refractivity contribution in [3.05, 3.63) is 63.2 Å². The minimum atomic E-state index is -0.601. The number of carbonyl (C=O) groups is 1. The fraction of sp³-hybridized carbons (Fsp3) is 0.150. The summed E-state index contributed by atoms with van der Waals surface area (Å²) < 4.78 is 7.22. The summed E-state index contributed by atoms with van der Waals surface area (Å²) in [6.07, 6.45) is 0. The maximum absolute atomic E-state index is 12.4. The van der Waals surface area contributed by atoms with Gasteiger partial charge in [-0.25, -0.2) is 0 Å². The lowest BCUT2D eigenvalue weighted by atomic mass is 10.1. The van der Waals surface area contributed by atoms with E-state index in [1.807, 2.05) is 35.6 Å². The number of ether oxygens (including phenoxy) is 1. The standard InChI is InChI=1S/C20H16ClN5O4S/c1-11-7-18-23-24-20(25(18)16-9-13(30-2)4-5-14(11)16)31-10-19(27)22-12-3-6-15(21)17(8-12)26(28)29/h3-9H,10H2,1-2H3,(H,22,27). The number of pyridine rings is 1. The zero-order chi connectivity index (χ0) is 22.1. The van der Waals surface area contributed by atoms with Crippen molar-refractivity contribution in [2.75, 3.05) is 18.2 Å². The number of nitrogens with zero attached hydrogens (tertiary/aromatic N) is 4. The maximum Gasteiger partial charge on any atom is 0.289 e. The zero-order valence-corrected chi connectivity index (χ0v) is 18.0. The molecular formula is C20H16ClN5O4S. The number of aromatic nitrogens is 3. The van der Waals surface area contributed by atoms with E-state index in [-0.39, 0.29) is 22.4 Å². The van der Waals surface area contributed by atoms with Crippen LogP contribution in [0.25, 0.3) is 16.6 Å². The number of halogens is 1. The summed E-state index contributed by atoms with van der Waals surface area (Å²) in [4.78, 5) is 22.8. The number of aryl methyl sites for hydroxylation is 1. The SMILES string of the molecule is COc1ccc2c(C)cc3nnc(SCC(=O)Nc4ccc(Cl)c([N+](=O)[O-])c4)n3c2c1. The van der Waals surface area contributed by atoms with Gasteiger partial charge < -0.3 is 10.1 Å². The number of hydrogen-bond acceptors (Lipinski definition) is 7. The van der Waals surface area contributed by atoms with Gasteiger partial charge in [0.1, 0.15) is 10.8 Å². The Labute approximate surface area is 185 Å². The van der Waals surface area contributed by atoms with Gasteiger partial charge in [-0.2, -0.15) is 0 Å². The lowest BCUT2D eigenvalue weighted by molar-refractivity contribution is -0.384. The first-order chi connectivity index (χ1) is 14.9. The summed E-state index contributed by atoms with van der Waals surface area (Å²) in [5, 5.41) is 23.7. The molecule has 1 N–H and O–H groups in total. The van der Waals surface area contributed by atoms with Crippen molar-refractivity contribution in [3.8, 4) is 5.75 Å². The lowest BCUT2D eigenvalue weighted by Gasteiger charge is -2.09. The molecule has 4 rings (SSSR count). The monoisotopic (exact) mass is 457 g/mol. The number of nitro benzene ring substituents is 1. The van der Waals surface area contributed by atoms with Crippen molar-refractivity contribution in [1.29, 1.82) is 0 Å². The average Bonchev–Trinajstić information content (AvgIpc) is 3.16. The molecule has 1 amide bonds. The van der Waals surface area contributed by atoms with Gasteiger partial charge >= 0.3 is 0 Å². The maximum atomic E-state index is 12.4. The molecule has 0 aliphatic heterocycles. The lowest BCUT2D eigenvalue weighted by Crippen LogP contribution is -2.14. The van der Waals surface area contributed by atoms with Gasteiger partial charge in [0.15, 0.2) is 10.8 Å². The first kappa shape index (κ1) is 20.9. The number of nitro groups is 1. The van der Waals surface area contributed by atoms with Gasteiger partial charge in [0.25, 0.3) is 5.69 Å². The molecule has 0 spiro atoms. The minimum Gasteiger partial charge on any atom is -0.497 e. The van der Waals surface area contributed by atoms with Gasteiger partial charge in [-0.05, 0) is 42.8 Å². The van der Waals surface area contributed by atoms with Crippen LogP contribution in [0.5, 0.6) is 5.75 Å². The molecule has 0 aliphatic carbocycles. The minimum absolute atomic E-state index is 0.00454. The Morgan fingerprint density at radius 3 is 2.81 bits per heavy atom. The number of methoxy groups -OCH3 is 1. The Kier molecular flexibility index (Phi) is 5.66. The van der Waals surface area contributed by atoms with E-state index in [0.29, 0.717) is 22.2 Å². The van der Waals surface area contributed by atoms with Crippen LogP contribution in [0.4, 0.5) is 11.4 Å². The molecule has 2 aromatic heterocycles. The second-order valence-corrected chi connectivity index (χ2v) is 8.00. The Morgan fingerprint density at radius 2 is 2.06 bits per heavy atom. The first-order valence-corrected chi connectivity index (χ1v) is 10.4. The molecule has 0 atom stereocenters. The average molecular weight is 458 g/mol. The topological polar surface area (TPSA) is 112 Å². The van der Waals surface area contributed by atoms with E-state index in [0.717, 1.165) is 16.5 Å². The molecule has 0 bridgehead atoms. The molecule has 31 heavy (non-hydrogen) atoms. The summed E-state index contributed by atoms with van der Waals surface area (Å²) >= 11 is 7.02. The Balaban J connectivity index is 1.58. The van der Waals surface area contributed by atoms with E-state index >= 15 is 0 Å². The van der Waals surface area contributed by atoms with E-state index in [2.05, 4.69) is 15.5 Å².